The molecule has 0 saturated carbocycles. The van der Waals surface area contributed by atoms with Gasteiger partial charge in [0.05, 0.1) is 5.58 Å². The summed E-state index contributed by atoms with van der Waals surface area (Å²) in [5.41, 5.74) is 9.15. The van der Waals surface area contributed by atoms with Crippen LogP contribution in [0.5, 0.6) is 0 Å². The Kier molecular flexibility index (Phi) is 7.55. The van der Waals surface area contributed by atoms with Crippen LogP contribution in [-0.2, 0) is 20.1 Å². The maximum absolute atomic E-state index is 6.08. The monoisotopic (exact) mass is 633 g/mol. The molecule has 0 fully saturated rings. The van der Waals surface area contributed by atoms with E-state index in [-0.39, 0.29) is 20.1 Å². The molecular formula is C31H24IrN2O-2. The van der Waals surface area contributed by atoms with Crippen LogP contribution in [0.2, 0.25) is 0 Å². The van der Waals surface area contributed by atoms with Crippen molar-refractivity contribution in [2.75, 3.05) is 0 Å². The number of benzene rings is 3. The normalized spacial score (nSPS) is 10.5. The van der Waals surface area contributed by atoms with Gasteiger partial charge in [-0.15, -0.1) is 53.1 Å². The van der Waals surface area contributed by atoms with Gasteiger partial charge < -0.3 is 14.4 Å². The molecule has 0 aliphatic carbocycles. The number of furan rings is 1. The van der Waals surface area contributed by atoms with E-state index >= 15 is 0 Å². The summed E-state index contributed by atoms with van der Waals surface area (Å²) in [6.45, 7) is 6.18. The molecule has 0 aliphatic rings. The minimum absolute atomic E-state index is 0. The van der Waals surface area contributed by atoms with Gasteiger partial charge in [-0.2, -0.15) is 0 Å². The van der Waals surface area contributed by atoms with E-state index in [4.69, 9.17) is 4.42 Å². The van der Waals surface area contributed by atoms with E-state index in [0.29, 0.717) is 0 Å². The van der Waals surface area contributed by atoms with Crippen LogP contribution in [0.15, 0.2) is 95.7 Å². The molecule has 0 bridgehead atoms. The zero-order chi connectivity index (χ0) is 23.5. The first-order valence-electron chi connectivity index (χ1n) is 11.3. The summed E-state index contributed by atoms with van der Waals surface area (Å²) < 4.78 is 6.08. The molecule has 6 aromatic rings. The van der Waals surface area contributed by atoms with Crippen LogP contribution in [-0.4, -0.2) is 9.97 Å². The Balaban J connectivity index is 0.000000179. The van der Waals surface area contributed by atoms with Crippen molar-refractivity contribution in [2.24, 2.45) is 0 Å². The summed E-state index contributed by atoms with van der Waals surface area (Å²) in [6.07, 6.45) is 3.67. The zero-order valence-corrected chi connectivity index (χ0v) is 22.2. The molecule has 0 saturated heterocycles. The zero-order valence-electron chi connectivity index (χ0n) is 19.8. The van der Waals surface area contributed by atoms with E-state index < -0.39 is 0 Å². The molecule has 4 heteroatoms. The maximum atomic E-state index is 6.08. The molecule has 0 N–H and O–H groups in total. The number of fused-ring (bicyclic) bond motifs is 3. The molecule has 3 aromatic carbocycles. The summed E-state index contributed by atoms with van der Waals surface area (Å²) >= 11 is 0. The van der Waals surface area contributed by atoms with Gasteiger partial charge in [-0.25, -0.2) is 0 Å². The van der Waals surface area contributed by atoms with Gasteiger partial charge in [0.25, 0.3) is 0 Å². The molecule has 3 aromatic heterocycles. The molecule has 0 aliphatic heterocycles. The van der Waals surface area contributed by atoms with Crippen LogP contribution in [0.4, 0.5) is 0 Å². The molecule has 35 heavy (non-hydrogen) atoms. The first kappa shape index (κ1) is 24.5. The number of hydrogen-bond donors (Lipinski definition) is 0. The van der Waals surface area contributed by atoms with Gasteiger partial charge in [-0.1, -0.05) is 67.3 Å². The molecule has 175 valence electrons. The second-order valence-corrected chi connectivity index (χ2v) is 8.36. The van der Waals surface area contributed by atoms with Crippen molar-refractivity contribution >= 4 is 21.9 Å². The first-order valence-corrected chi connectivity index (χ1v) is 11.3. The van der Waals surface area contributed by atoms with Crippen LogP contribution >= 0.6 is 0 Å². The van der Waals surface area contributed by atoms with Gasteiger partial charge in [0.15, 0.2) is 0 Å². The molecule has 0 unspecified atom stereocenters. The minimum atomic E-state index is 0. The van der Waals surface area contributed by atoms with Crippen LogP contribution < -0.4 is 0 Å². The van der Waals surface area contributed by atoms with E-state index in [9.17, 15) is 0 Å². The van der Waals surface area contributed by atoms with Crippen molar-refractivity contribution in [1.82, 2.24) is 9.97 Å². The third-order valence-electron chi connectivity index (χ3n) is 5.73. The Bertz CT molecular complexity index is 1550. The van der Waals surface area contributed by atoms with Gasteiger partial charge >= 0.3 is 0 Å². The summed E-state index contributed by atoms with van der Waals surface area (Å²) in [5.74, 6) is 0. The summed E-state index contributed by atoms with van der Waals surface area (Å²) in [4.78, 5) is 8.75. The van der Waals surface area contributed by atoms with E-state index in [1.807, 2.05) is 73.8 Å². The Morgan fingerprint density at radius 3 is 2.23 bits per heavy atom. The Morgan fingerprint density at radius 2 is 1.51 bits per heavy atom. The van der Waals surface area contributed by atoms with Crippen molar-refractivity contribution in [3.63, 3.8) is 0 Å². The number of aryl methyl sites for hydroxylation is 3. The van der Waals surface area contributed by atoms with Gasteiger partial charge in [-0.05, 0) is 36.0 Å². The van der Waals surface area contributed by atoms with Crippen LogP contribution in [0.3, 0.4) is 0 Å². The second-order valence-electron chi connectivity index (χ2n) is 8.36. The third kappa shape index (κ3) is 5.24. The summed E-state index contributed by atoms with van der Waals surface area (Å²) in [7, 11) is 0. The molecule has 6 rings (SSSR count). The molecule has 0 atom stereocenters. The van der Waals surface area contributed by atoms with Crippen LogP contribution in [0.25, 0.3) is 44.5 Å². The van der Waals surface area contributed by atoms with Gasteiger partial charge in [0.2, 0.25) is 0 Å². The molecule has 0 spiro atoms. The molecular weight excluding hydrogens is 609 g/mol. The van der Waals surface area contributed by atoms with E-state index in [1.165, 1.54) is 11.1 Å². The van der Waals surface area contributed by atoms with E-state index in [1.54, 1.807) is 6.20 Å². The average molecular weight is 633 g/mol. The van der Waals surface area contributed by atoms with Crippen LogP contribution in [0, 0.1) is 32.9 Å². The van der Waals surface area contributed by atoms with Crippen molar-refractivity contribution in [2.45, 2.75) is 20.8 Å². The Morgan fingerprint density at radius 1 is 0.714 bits per heavy atom. The standard InChI is InChI=1S/C19H14NO.C12H10N.Ir/c1-12-7-10-16(20-11-12)14-9-8-13(2)18-15-5-3-4-6-17(15)21-19(14)18;1-10-5-7-11(8-6-10)12-4-2-3-9-13-12;/h3-8,10-11H,1-2H3;2-7,9H,1H3;/q2*-1;. The van der Waals surface area contributed by atoms with Crippen molar-refractivity contribution in [3.8, 4) is 22.5 Å². The maximum Gasteiger partial charge on any atom is 0.120 e. The molecule has 3 heterocycles. The van der Waals surface area contributed by atoms with Gasteiger partial charge in [0.1, 0.15) is 5.58 Å². The fourth-order valence-corrected chi connectivity index (χ4v) is 3.92. The number of pyridine rings is 2. The van der Waals surface area contributed by atoms with Gasteiger partial charge in [-0.3, -0.25) is 0 Å². The first-order chi connectivity index (χ1) is 16.6. The summed E-state index contributed by atoms with van der Waals surface area (Å²) in [5, 5.41) is 2.30. The van der Waals surface area contributed by atoms with E-state index in [0.717, 1.165) is 50.0 Å². The number of rotatable bonds is 2. The van der Waals surface area contributed by atoms with Crippen molar-refractivity contribution in [1.29, 1.82) is 0 Å². The fourth-order valence-electron chi connectivity index (χ4n) is 3.92. The number of para-hydroxylation sites is 1. The molecule has 3 nitrogen and oxygen atoms in total. The number of aromatic nitrogens is 2. The third-order valence-corrected chi connectivity index (χ3v) is 5.73. The number of hydrogen-bond acceptors (Lipinski definition) is 3. The molecule has 1 radical (unpaired) electrons. The SMILES string of the molecule is Cc1c[c-]c(-c2ccccn2)cc1.Cc1ccc(-c2[c-]cc(C)c3c2oc2ccccc23)nc1.[Ir]. The Hall–Kier alpha value is -3.59. The molecule has 0 amide bonds. The van der Waals surface area contributed by atoms with Crippen molar-refractivity contribution in [3.05, 3.63) is 120 Å². The number of nitrogens with zero attached hydrogens (tertiary/aromatic N) is 2. The van der Waals surface area contributed by atoms with Crippen molar-refractivity contribution < 1.29 is 24.5 Å². The van der Waals surface area contributed by atoms with Crippen LogP contribution in [0.1, 0.15) is 16.7 Å². The summed E-state index contributed by atoms with van der Waals surface area (Å²) in [6, 6.07) is 32.7. The quantitative estimate of drug-likeness (QED) is 0.182. The largest absolute Gasteiger partial charge is 0.501 e. The fraction of sp³-hybridized carbons (Fsp3) is 0.0968. The topological polar surface area (TPSA) is 38.9 Å². The predicted octanol–water partition coefficient (Wildman–Crippen LogP) is 7.92. The smallest absolute Gasteiger partial charge is 0.120 e. The Labute approximate surface area is 219 Å². The van der Waals surface area contributed by atoms with E-state index in [2.05, 4.69) is 54.1 Å². The predicted molar refractivity (Wildman–Crippen MR) is 139 cm³/mol. The van der Waals surface area contributed by atoms with Gasteiger partial charge in [0, 0.05) is 37.9 Å². The second kappa shape index (κ2) is 10.8. The minimum Gasteiger partial charge on any atom is -0.501 e. The average Bonchev–Trinajstić information content (AvgIpc) is 3.27.